The first-order chi connectivity index (χ1) is 10.9. The second-order valence-electron chi connectivity index (χ2n) is 6.33. The Kier molecular flexibility index (Phi) is 6.84. The number of halogens is 1. The number of carbonyl (C=O) groups excluding carboxylic acids is 1. The van der Waals surface area contributed by atoms with E-state index in [1.165, 1.54) is 0 Å². The summed E-state index contributed by atoms with van der Waals surface area (Å²) in [6, 6.07) is 7.83. The highest BCUT2D eigenvalue weighted by molar-refractivity contribution is 6.30. The van der Waals surface area contributed by atoms with Crippen molar-refractivity contribution >= 4 is 17.5 Å². The molecule has 1 aliphatic heterocycles. The Morgan fingerprint density at radius 2 is 2.09 bits per heavy atom. The van der Waals surface area contributed by atoms with Crippen LogP contribution in [0.4, 0.5) is 0 Å². The number of aliphatic hydroxyl groups excluding tert-OH is 1. The smallest absolute Gasteiger partial charge is 0.234 e. The van der Waals surface area contributed by atoms with Crippen LogP contribution in [-0.4, -0.2) is 65.7 Å². The highest BCUT2D eigenvalue weighted by Crippen LogP contribution is 2.11. The molecule has 1 aliphatic rings. The van der Waals surface area contributed by atoms with Crippen LogP contribution in [-0.2, 0) is 11.3 Å². The van der Waals surface area contributed by atoms with E-state index in [4.69, 9.17) is 11.6 Å². The zero-order chi connectivity index (χ0) is 16.8. The van der Waals surface area contributed by atoms with Gasteiger partial charge in [-0.3, -0.25) is 14.6 Å². The molecule has 0 aliphatic carbocycles. The van der Waals surface area contributed by atoms with Gasteiger partial charge >= 0.3 is 0 Å². The summed E-state index contributed by atoms with van der Waals surface area (Å²) < 4.78 is 0. The van der Waals surface area contributed by atoms with Gasteiger partial charge < -0.3 is 10.4 Å². The maximum atomic E-state index is 12.1. The predicted octanol–water partition coefficient (Wildman–Crippen LogP) is 1.34. The van der Waals surface area contributed by atoms with Crippen LogP contribution in [0.1, 0.15) is 19.4 Å². The largest absolute Gasteiger partial charge is 0.392 e. The van der Waals surface area contributed by atoms with Crippen molar-refractivity contribution in [1.29, 1.82) is 0 Å². The van der Waals surface area contributed by atoms with Crippen LogP contribution in [0.5, 0.6) is 0 Å². The Balaban J connectivity index is 1.72. The highest BCUT2D eigenvalue weighted by atomic mass is 35.5. The lowest BCUT2D eigenvalue weighted by atomic mass is 10.1. The standard InChI is InChI=1S/C17H26ClN3O2/c1-13-10-20(7-8-21(13)11-14(2)22)12-17(23)19-9-15-3-5-16(18)6-4-15/h3-6,13-14,22H,7-12H2,1-2H3,(H,19,23)/t13-,14-/m0/s1. The molecule has 0 radical (unpaired) electrons. The molecule has 2 rings (SSSR count). The van der Waals surface area contributed by atoms with E-state index in [1.807, 2.05) is 31.2 Å². The highest BCUT2D eigenvalue weighted by Gasteiger charge is 2.25. The number of benzene rings is 1. The number of β-amino-alcohol motifs (C(OH)–C–C–N with tert-alkyl or cyclic N) is 1. The lowest BCUT2D eigenvalue weighted by Crippen LogP contribution is -2.55. The van der Waals surface area contributed by atoms with Gasteiger partial charge in [0.15, 0.2) is 0 Å². The number of piperazine rings is 1. The molecule has 0 bridgehead atoms. The maximum Gasteiger partial charge on any atom is 0.234 e. The van der Waals surface area contributed by atoms with Gasteiger partial charge in [-0.15, -0.1) is 0 Å². The van der Waals surface area contributed by atoms with Crippen LogP contribution >= 0.6 is 11.6 Å². The molecule has 2 N–H and O–H groups in total. The number of carbonyl (C=O) groups is 1. The Labute approximate surface area is 143 Å². The first-order valence-corrected chi connectivity index (χ1v) is 8.47. The third-order valence-corrected chi connectivity index (χ3v) is 4.37. The Hall–Kier alpha value is -1.14. The molecule has 6 heteroatoms. The van der Waals surface area contributed by atoms with Crippen LogP contribution in [0.25, 0.3) is 0 Å². The quantitative estimate of drug-likeness (QED) is 0.821. The minimum Gasteiger partial charge on any atom is -0.392 e. The summed E-state index contributed by atoms with van der Waals surface area (Å²) in [4.78, 5) is 16.5. The molecule has 1 saturated heterocycles. The van der Waals surface area contributed by atoms with E-state index in [9.17, 15) is 9.90 Å². The molecule has 1 fully saturated rings. The van der Waals surface area contributed by atoms with Crippen molar-refractivity contribution < 1.29 is 9.90 Å². The van der Waals surface area contributed by atoms with Crippen molar-refractivity contribution in [2.75, 3.05) is 32.7 Å². The normalized spacial score (nSPS) is 21.1. The van der Waals surface area contributed by atoms with E-state index in [0.717, 1.165) is 25.2 Å². The maximum absolute atomic E-state index is 12.1. The Morgan fingerprint density at radius 1 is 1.39 bits per heavy atom. The fraction of sp³-hybridized carbons (Fsp3) is 0.588. The third-order valence-electron chi connectivity index (χ3n) is 4.12. The van der Waals surface area contributed by atoms with Gasteiger partial charge in [-0.05, 0) is 31.5 Å². The first-order valence-electron chi connectivity index (χ1n) is 8.09. The SMILES string of the molecule is C[C@H](O)CN1CCN(CC(=O)NCc2ccc(Cl)cc2)C[C@@H]1C. The number of hydrogen-bond acceptors (Lipinski definition) is 4. The molecule has 23 heavy (non-hydrogen) atoms. The number of amides is 1. The predicted molar refractivity (Wildman–Crippen MR) is 92.5 cm³/mol. The molecule has 2 atom stereocenters. The van der Waals surface area contributed by atoms with Gasteiger partial charge in [-0.25, -0.2) is 0 Å². The van der Waals surface area contributed by atoms with E-state index in [2.05, 4.69) is 22.0 Å². The zero-order valence-electron chi connectivity index (χ0n) is 13.8. The summed E-state index contributed by atoms with van der Waals surface area (Å²) in [5, 5.41) is 13.1. The molecule has 0 saturated carbocycles. The molecule has 1 heterocycles. The summed E-state index contributed by atoms with van der Waals surface area (Å²) in [5.74, 6) is 0.0381. The Morgan fingerprint density at radius 3 is 2.70 bits per heavy atom. The second-order valence-corrected chi connectivity index (χ2v) is 6.77. The third kappa shape index (κ3) is 6.11. The number of aliphatic hydroxyl groups is 1. The van der Waals surface area contributed by atoms with E-state index in [-0.39, 0.29) is 12.0 Å². The summed E-state index contributed by atoms with van der Waals surface area (Å²) in [7, 11) is 0. The lowest BCUT2D eigenvalue weighted by molar-refractivity contribution is -0.123. The molecule has 5 nitrogen and oxygen atoms in total. The molecule has 0 unspecified atom stereocenters. The molecule has 1 aromatic carbocycles. The van der Waals surface area contributed by atoms with E-state index in [1.54, 1.807) is 0 Å². The fourth-order valence-electron chi connectivity index (χ4n) is 2.89. The van der Waals surface area contributed by atoms with Crippen molar-refractivity contribution in [3.8, 4) is 0 Å². The van der Waals surface area contributed by atoms with Gasteiger partial charge in [0.05, 0.1) is 12.6 Å². The average Bonchev–Trinajstić information content (AvgIpc) is 2.49. The fourth-order valence-corrected chi connectivity index (χ4v) is 3.01. The first kappa shape index (κ1) is 18.2. The molecular formula is C17H26ClN3O2. The van der Waals surface area contributed by atoms with Crippen molar-refractivity contribution in [3.63, 3.8) is 0 Å². The van der Waals surface area contributed by atoms with E-state index < -0.39 is 0 Å². The van der Waals surface area contributed by atoms with Crippen LogP contribution in [0.15, 0.2) is 24.3 Å². The number of rotatable bonds is 6. The molecule has 1 aromatic rings. The Bertz CT molecular complexity index is 507. The van der Waals surface area contributed by atoms with Crippen LogP contribution in [0.2, 0.25) is 5.02 Å². The minimum absolute atomic E-state index is 0.0381. The molecule has 0 spiro atoms. The number of nitrogens with zero attached hydrogens (tertiary/aromatic N) is 2. The number of hydrogen-bond donors (Lipinski definition) is 2. The van der Waals surface area contributed by atoms with E-state index >= 15 is 0 Å². The summed E-state index contributed by atoms with van der Waals surface area (Å²) in [6.07, 6.45) is -0.313. The van der Waals surface area contributed by atoms with Gasteiger partial charge in [-0.1, -0.05) is 23.7 Å². The van der Waals surface area contributed by atoms with Crippen molar-refractivity contribution in [1.82, 2.24) is 15.1 Å². The molecular weight excluding hydrogens is 314 g/mol. The van der Waals surface area contributed by atoms with Gasteiger partial charge in [-0.2, -0.15) is 0 Å². The zero-order valence-corrected chi connectivity index (χ0v) is 14.6. The number of nitrogens with one attached hydrogen (secondary N) is 1. The van der Waals surface area contributed by atoms with Crippen molar-refractivity contribution in [3.05, 3.63) is 34.9 Å². The van der Waals surface area contributed by atoms with Gasteiger partial charge in [0.2, 0.25) is 5.91 Å². The van der Waals surface area contributed by atoms with E-state index in [0.29, 0.717) is 30.7 Å². The topological polar surface area (TPSA) is 55.8 Å². The average molecular weight is 340 g/mol. The van der Waals surface area contributed by atoms with Crippen LogP contribution in [0.3, 0.4) is 0 Å². The monoisotopic (exact) mass is 339 g/mol. The van der Waals surface area contributed by atoms with Gasteiger partial charge in [0, 0.05) is 43.8 Å². The molecule has 128 valence electrons. The summed E-state index contributed by atoms with van der Waals surface area (Å²) in [5.41, 5.74) is 1.04. The van der Waals surface area contributed by atoms with Crippen LogP contribution in [0, 0.1) is 0 Å². The summed E-state index contributed by atoms with van der Waals surface area (Å²) >= 11 is 5.85. The van der Waals surface area contributed by atoms with Gasteiger partial charge in [0.1, 0.15) is 0 Å². The molecule has 0 aromatic heterocycles. The van der Waals surface area contributed by atoms with Crippen molar-refractivity contribution in [2.45, 2.75) is 32.5 Å². The summed E-state index contributed by atoms with van der Waals surface area (Å²) in [6.45, 7) is 8.16. The van der Waals surface area contributed by atoms with Gasteiger partial charge in [0.25, 0.3) is 0 Å². The minimum atomic E-state index is -0.313. The lowest BCUT2D eigenvalue weighted by Gasteiger charge is -2.40. The second kappa shape index (κ2) is 8.64. The van der Waals surface area contributed by atoms with Crippen LogP contribution < -0.4 is 5.32 Å². The van der Waals surface area contributed by atoms with Crippen molar-refractivity contribution in [2.24, 2.45) is 0 Å². The molecule has 1 amide bonds.